The molecule has 0 aromatic heterocycles. The van der Waals surface area contributed by atoms with Crippen molar-refractivity contribution < 1.29 is 14.7 Å². The molecule has 0 fully saturated rings. The lowest BCUT2D eigenvalue weighted by molar-refractivity contribution is -0.138. The second-order valence-electron chi connectivity index (χ2n) is 4.85. The lowest BCUT2D eigenvalue weighted by Crippen LogP contribution is -2.53. The molecule has 2 amide bonds. The molecule has 0 heterocycles. The summed E-state index contributed by atoms with van der Waals surface area (Å²) in [6, 6.07) is -0.242. The standard InChI is InChI=1S/C11H22N2O3S/c1-11(2,3)13(8-9(14)15)10(16)12(4)6-7-17-5/h6-8H2,1-5H3,(H,14,15). The van der Waals surface area contributed by atoms with Crippen LogP contribution in [0.1, 0.15) is 20.8 Å². The van der Waals surface area contributed by atoms with Crippen LogP contribution in [0.25, 0.3) is 0 Å². The maximum Gasteiger partial charge on any atom is 0.323 e. The molecule has 5 nitrogen and oxygen atoms in total. The average molecular weight is 262 g/mol. The largest absolute Gasteiger partial charge is 0.480 e. The van der Waals surface area contributed by atoms with E-state index >= 15 is 0 Å². The van der Waals surface area contributed by atoms with Gasteiger partial charge in [0.25, 0.3) is 0 Å². The van der Waals surface area contributed by atoms with Gasteiger partial charge in [-0.25, -0.2) is 4.79 Å². The van der Waals surface area contributed by atoms with E-state index in [1.54, 1.807) is 23.7 Å². The van der Waals surface area contributed by atoms with E-state index in [1.807, 2.05) is 27.0 Å². The molecular weight excluding hydrogens is 240 g/mol. The van der Waals surface area contributed by atoms with Gasteiger partial charge in [0.1, 0.15) is 6.54 Å². The number of carbonyl (C=O) groups excluding carboxylic acids is 1. The Balaban J connectivity index is 4.69. The first-order chi connectivity index (χ1) is 7.70. The van der Waals surface area contributed by atoms with Crippen LogP contribution in [0, 0.1) is 0 Å². The summed E-state index contributed by atoms with van der Waals surface area (Å²) in [6.45, 7) is 5.83. The summed E-state index contributed by atoms with van der Waals surface area (Å²) >= 11 is 1.65. The first-order valence-corrected chi connectivity index (χ1v) is 6.83. The fourth-order valence-corrected chi connectivity index (χ4v) is 1.71. The molecule has 0 aromatic rings. The van der Waals surface area contributed by atoms with Crippen molar-refractivity contribution in [1.82, 2.24) is 9.80 Å². The molecule has 0 aliphatic rings. The number of hydrogen-bond acceptors (Lipinski definition) is 3. The third-order valence-corrected chi connectivity index (χ3v) is 2.88. The van der Waals surface area contributed by atoms with Gasteiger partial charge in [-0.2, -0.15) is 11.8 Å². The summed E-state index contributed by atoms with van der Waals surface area (Å²) in [5, 5.41) is 8.84. The number of carboxylic acid groups (broad SMARTS) is 1. The Labute approximate surface area is 107 Å². The molecule has 6 heteroatoms. The average Bonchev–Trinajstić information content (AvgIpc) is 2.19. The van der Waals surface area contributed by atoms with E-state index in [1.165, 1.54) is 4.90 Å². The Morgan fingerprint density at radius 2 is 1.82 bits per heavy atom. The minimum absolute atomic E-state index is 0.242. The SMILES string of the molecule is CSCCN(C)C(=O)N(CC(=O)O)C(C)(C)C. The molecule has 1 N–H and O–H groups in total. The summed E-state index contributed by atoms with van der Waals surface area (Å²) in [6.07, 6.45) is 1.97. The topological polar surface area (TPSA) is 60.9 Å². The van der Waals surface area contributed by atoms with Crippen LogP contribution in [0.2, 0.25) is 0 Å². The van der Waals surface area contributed by atoms with E-state index < -0.39 is 11.5 Å². The van der Waals surface area contributed by atoms with Crippen LogP contribution in [-0.4, -0.2) is 64.6 Å². The Hall–Kier alpha value is -0.910. The number of urea groups is 1. The van der Waals surface area contributed by atoms with E-state index in [2.05, 4.69) is 0 Å². The van der Waals surface area contributed by atoms with Crippen LogP contribution in [0.3, 0.4) is 0 Å². The number of nitrogens with zero attached hydrogens (tertiary/aromatic N) is 2. The highest BCUT2D eigenvalue weighted by Gasteiger charge is 2.30. The van der Waals surface area contributed by atoms with Crippen molar-refractivity contribution in [2.24, 2.45) is 0 Å². The molecule has 0 bridgehead atoms. The van der Waals surface area contributed by atoms with E-state index in [4.69, 9.17) is 5.11 Å². The van der Waals surface area contributed by atoms with Crippen LogP contribution in [0.5, 0.6) is 0 Å². The molecule has 0 unspecified atom stereocenters. The molecule has 0 atom stereocenters. The van der Waals surface area contributed by atoms with Crippen molar-refractivity contribution in [3.8, 4) is 0 Å². The van der Waals surface area contributed by atoms with Gasteiger partial charge in [-0.3, -0.25) is 4.79 Å². The minimum Gasteiger partial charge on any atom is -0.480 e. The predicted molar refractivity (Wildman–Crippen MR) is 70.5 cm³/mol. The number of hydrogen-bond donors (Lipinski definition) is 1. The predicted octanol–water partition coefficient (Wildman–Crippen LogP) is 1.59. The van der Waals surface area contributed by atoms with E-state index in [-0.39, 0.29) is 12.6 Å². The molecule has 100 valence electrons. The third kappa shape index (κ3) is 5.81. The zero-order valence-corrected chi connectivity index (χ0v) is 12.0. The van der Waals surface area contributed by atoms with Crippen LogP contribution < -0.4 is 0 Å². The monoisotopic (exact) mass is 262 g/mol. The molecule has 0 rings (SSSR count). The summed E-state index contributed by atoms with van der Waals surface area (Å²) in [5.41, 5.74) is -0.497. The molecule has 0 aliphatic carbocycles. The maximum absolute atomic E-state index is 12.1. The quantitative estimate of drug-likeness (QED) is 0.817. The summed E-state index contributed by atoms with van der Waals surface area (Å²) < 4.78 is 0. The second kappa shape index (κ2) is 6.74. The Morgan fingerprint density at radius 3 is 2.18 bits per heavy atom. The normalized spacial score (nSPS) is 11.1. The number of carboxylic acids is 1. The van der Waals surface area contributed by atoms with Crippen LogP contribution >= 0.6 is 11.8 Å². The lowest BCUT2D eigenvalue weighted by atomic mass is 10.1. The number of amides is 2. The minimum atomic E-state index is -0.994. The van der Waals surface area contributed by atoms with E-state index in [0.717, 1.165) is 5.75 Å². The fraction of sp³-hybridized carbons (Fsp3) is 0.818. The molecule has 0 saturated heterocycles. The summed E-state index contributed by atoms with van der Waals surface area (Å²) in [4.78, 5) is 25.8. The van der Waals surface area contributed by atoms with Gasteiger partial charge < -0.3 is 14.9 Å². The van der Waals surface area contributed by atoms with Gasteiger partial charge >= 0.3 is 12.0 Å². The maximum atomic E-state index is 12.1. The third-order valence-electron chi connectivity index (χ3n) is 2.29. The van der Waals surface area contributed by atoms with Crippen molar-refractivity contribution >= 4 is 23.8 Å². The Morgan fingerprint density at radius 1 is 1.29 bits per heavy atom. The zero-order valence-electron chi connectivity index (χ0n) is 11.2. The summed E-state index contributed by atoms with van der Waals surface area (Å²) in [7, 11) is 1.69. The fourth-order valence-electron chi connectivity index (χ4n) is 1.26. The van der Waals surface area contributed by atoms with Gasteiger partial charge in [-0.1, -0.05) is 0 Å². The van der Waals surface area contributed by atoms with E-state index in [9.17, 15) is 9.59 Å². The molecule has 0 radical (unpaired) electrons. The Bertz CT molecular complexity index is 276. The van der Waals surface area contributed by atoms with Gasteiger partial charge in [-0.15, -0.1) is 0 Å². The van der Waals surface area contributed by atoms with E-state index in [0.29, 0.717) is 6.54 Å². The van der Waals surface area contributed by atoms with Gasteiger partial charge in [0.05, 0.1) is 0 Å². The van der Waals surface area contributed by atoms with Gasteiger partial charge in [-0.05, 0) is 27.0 Å². The molecule has 0 saturated carbocycles. The van der Waals surface area contributed by atoms with Gasteiger partial charge in [0.2, 0.25) is 0 Å². The molecule has 0 aliphatic heterocycles. The number of rotatable bonds is 5. The highest BCUT2D eigenvalue weighted by molar-refractivity contribution is 7.98. The Kier molecular flexibility index (Phi) is 6.37. The molecule has 0 aromatic carbocycles. The van der Waals surface area contributed by atoms with Crippen LogP contribution in [-0.2, 0) is 4.79 Å². The number of thioether (sulfide) groups is 1. The highest BCUT2D eigenvalue weighted by Crippen LogP contribution is 2.15. The van der Waals surface area contributed by atoms with Gasteiger partial charge in [0, 0.05) is 24.9 Å². The van der Waals surface area contributed by atoms with Crippen molar-refractivity contribution in [3.05, 3.63) is 0 Å². The first-order valence-electron chi connectivity index (χ1n) is 5.43. The molecular formula is C11H22N2O3S. The van der Waals surface area contributed by atoms with Gasteiger partial charge in [0.15, 0.2) is 0 Å². The first kappa shape index (κ1) is 16.1. The summed E-state index contributed by atoms with van der Waals surface area (Å²) in [5.74, 6) is -0.153. The van der Waals surface area contributed by atoms with Crippen molar-refractivity contribution in [1.29, 1.82) is 0 Å². The van der Waals surface area contributed by atoms with Crippen molar-refractivity contribution in [3.63, 3.8) is 0 Å². The smallest absolute Gasteiger partial charge is 0.323 e. The molecule has 17 heavy (non-hydrogen) atoms. The second-order valence-corrected chi connectivity index (χ2v) is 5.83. The molecule has 0 spiro atoms. The van der Waals surface area contributed by atoms with Crippen LogP contribution in [0.15, 0.2) is 0 Å². The number of aliphatic carboxylic acids is 1. The lowest BCUT2D eigenvalue weighted by Gasteiger charge is -2.37. The van der Waals surface area contributed by atoms with Crippen molar-refractivity contribution in [2.45, 2.75) is 26.3 Å². The zero-order chi connectivity index (χ0) is 13.6. The highest BCUT2D eigenvalue weighted by atomic mass is 32.2. The number of carbonyl (C=O) groups is 2. The van der Waals surface area contributed by atoms with Crippen molar-refractivity contribution in [2.75, 3.05) is 32.1 Å². The van der Waals surface area contributed by atoms with Crippen LogP contribution in [0.4, 0.5) is 4.79 Å².